The van der Waals surface area contributed by atoms with E-state index in [4.69, 9.17) is 4.74 Å². The summed E-state index contributed by atoms with van der Waals surface area (Å²) >= 11 is 0. The van der Waals surface area contributed by atoms with Crippen molar-refractivity contribution in [2.45, 2.75) is 39.7 Å². The number of carbonyl (C=O) groups is 2. The van der Waals surface area contributed by atoms with Crippen LogP contribution in [0.15, 0.2) is 47.5 Å². The minimum absolute atomic E-state index is 0.0713. The maximum absolute atomic E-state index is 12.9. The number of anilines is 2. The number of carbonyl (C=O) groups excluding carboxylic acids is 2. The van der Waals surface area contributed by atoms with E-state index in [1.165, 1.54) is 6.92 Å². The monoisotopic (exact) mass is 408 g/mol. The SMILES string of the molecule is CC(=O)Nc1cc(C(=O)NC(=NCC2CCCO2)Nc2cccc(C)c2)ccc1C. The van der Waals surface area contributed by atoms with Gasteiger partial charge in [0.2, 0.25) is 11.9 Å². The lowest BCUT2D eigenvalue weighted by molar-refractivity contribution is -0.114. The van der Waals surface area contributed by atoms with E-state index in [-0.39, 0.29) is 17.9 Å². The third-order valence-corrected chi connectivity index (χ3v) is 4.80. The van der Waals surface area contributed by atoms with Gasteiger partial charge in [0.05, 0.1) is 12.6 Å². The molecule has 7 heteroatoms. The lowest BCUT2D eigenvalue weighted by Gasteiger charge is -2.14. The van der Waals surface area contributed by atoms with Crippen LogP contribution < -0.4 is 16.0 Å². The normalized spacial score (nSPS) is 16.2. The maximum Gasteiger partial charge on any atom is 0.258 e. The summed E-state index contributed by atoms with van der Waals surface area (Å²) in [7, 11) is 0. The zero-order chi connectivity index (χ0) is 21.5. The molecule has 1 aliphatic heterocycles. The predicted molar refractivity (Wildman–Crippen MR) is 119 cm³/mol. The second kappa shape index (κ2) is 10.0. The van der Waals surface area contributed by atoms with Crippen LogP contribution in [-0.4, -0.2) is 37.0 Å². The average molecular weight is 409 g/mol. The smallest absolute Gasteiger partial charge is 0.258 e. The third-order valence-electron chi connectivity index (χ3n) is 4.80. The van der Waals surface area contributed by atoms with Crippen LogP contribution in [0.5, 0.6) is 0 Å². The van der Waals surface area contributed by atoms with Crippen LogP contribution in [0.4, 0.5) is 11.4 Å². The second-order valence-corrected chi connectivity index (χ2v) is 7.48. The molecule has 1 atom stereocenters. The van der Waals surface area contributed by atoms with Gasteiger partial charge >= 0.3 is 0 Å². The Kier molecular flexibility index (Phi) is 7.19. The van der Waals surface area contributed by atoms with Crippen LogP contribution in [-0.2, 0) is 9.53 Å². The van der Waals surface area contributed by atoms with Crippen LogP contribution in [0.1, 0.15) is 41.3 Å². The summed E-state index contributed by atoms with van der Waals surface area (Å²) in [6.07, 6.45) is 2.07. The van der Waals surface area contributed by atoms with Crippen LogP contribution in [0.3, 0.4) is 0 Å². The summed E-state index contributed by atoms with van der Waals surface area (Å²) in [6.45, 7) is 6.54. The quantitative estimate of drug-likeness (QED) is 0.520. The Bertz CT molecular complexity index is 949. The fraction of sp³-hybridized carbons (Fsp3) is 0.348. The number of hydrogen-bond donors (Lipinski definition) is 3. The Morgan fingerprint density at radius 1 is 1.13 bits per heavy atom. The van der Waals surface area contributed by atoms with Crippen LogP contribution in [0.2, 0.25) is 0 Å². The second-order valence-electron chi connectivity index (χ2n) is 7.48. The van der Waals surface area contributed by atoms with Crippen molar-refractivity contribution in [2.24, 2.45) is 4.99 Å². The largest absolute Gasteiger partial charge is 0.376 e. The lowest BCUT2D eigenvalue weighted by Crippen LogP contribution is -2.36. The third kappa shape index (κ3) is 6.15. The molecule has 158 valence electrons. The van der Waals surface area contributed by atoms with Gasteiger partial charge in [-0.1, -0.05) is 18.2 Å². The van der Waals surface area contributed by atoms with Gasteiger partial charge in [-0.15, -0.1) is 0 Å². The van der Waals surface area contributed by atoms with Crippen LogP contribution in [0.25, 0.3) is 0 Å². The molecule has 3 rings (SSSR count). The number of nitrogens with zero attached hydrogens (tertiary/aromatic N) is 1. The zero-order valence-corrected chi connectivity index (χ0v) is 17.6. The van der Waals surface area contributed by atoms with Crippen molar-refractivity contribution < 1.29 is 14.3 Å². The van der Waals surface area contributed by atoms with Gasteiger partial charge in [0.15, 0.2) is 0 Å². The predicted octanol–water partition coefficient (Wildman–Crippen LogP) is 3.64. The summed E-state index contributed by atoms with van der Waals surface area (Å²) in [4.78, 5) is 28.9. The summed E-state index contributed by atoms with van der Waals surface area (Å²) in [5.41, 5.74) is 3.86. The molecule has 1 aliphatic rings. The molecule has 2 aromatic carbocycles. The van der Waals surface area contributed by atoms with Crippen LogP contribution >= 0.6 is 0 Å². The van der Waals surface area contributed by atoms with Crippen molar-refractivity contribution in [3.05, 3.63) is 59.2 Å². The van der Waals surface area contributed by atoms with E-state index in [0.717, 1.165) is 36.3 Å². The Hall–Kier alpha value is -3.19. The minimum Gasteiger partial charge on any atom is -0.376 e. The highest BCUT2D eigenvalue weighted by molar-refractivity contribution is 6.10. The molecule has 3 N–H and O–H groups in total. The van der Waals surface area contributed by atoms with E-state index in [1.54, 1.807) is 18.2 Å². The summed E-state index contributed by atoms with van der Waals surface area (Å²) in [5.74, 6) is -0.133. The summed E-state index contributed by atoms with van der Waals surface area (Å²) in [5, 5.41) is 8.80. The maximum atomic E-state index is 12.9. The number of aryl methyl sites for hydroxylation is 2. The standard InChI is InChI=1S/C23H28N4O3/c1-15-6-4-7-19(12-15)26-23(24-14-20-8-5-11-30-20)27-22(29)18-10-9-16(2)21(13-18)25-17(3)28/h4,6-7,9-10,12-13,20H,5,8,11,14H2,1-3H3,(H,25,28)(H2,24,26,27,29). The molecule has 0 aromatic heterocycles. The number of hydrogen-bond acceptors (Lipinski definition) is 4. The molecule has 1 unspecified atom stereocenters. The number of guanidine groups is 1. The van der Waals surface area contributed by atoms with Crippen LogP contribution in [0, 0.1) is 13.8 Å². The molecule has 30 heavy (non-hydrogen) atoms. The first-order chi connectivity index (χ1) is 14.4. The van der Waals surface area contributed by atoms with Gasteiger partial charge in [-0.2, -0.15) is 0 Å². The van der Waals surface area contributed by atoms with Gasteiger partial charge in [-0.3, -0.25) is 14.9 Å². The molecule has 0 aliphatic carbocycles. The van der Waals surface area contributed by atoms with E-state index in [9.17, 15) is 9.59 Å². The highest BCUT2D eigenvalue weighted by atomic mass is 16.5. The number of amides is 2. The van der Waals surface area contributed by atoms with Crippen molar-refractivity contribution in [3.63, 3.8) is 0 Å². The van der Waals surface area contributed by atoms with E-state index < -0.39 is 0 Å². The number of benzene rings is 2. The fourth-order valence-corrected chi connectivity index (χ4v) is 3.22. The first-order valence-corrected chi connectivity index (χ1v) is 10.1. The lowest BCUT2D eigenvalue weighted by atomic mass is 10.1. The Labute approximate surface area is 176 Å². The molecule has 1 fully saturated rings. The van der Waals surface area contributed by atoms with E-state index >= 15 is 0 Å². The van der Waals surface area contributed by atoms with Gasteiger partial charge < -0.3 is 15.4 Å². The highest BCUT2D eigenvalue weighted by Gasteiger charge is 2.16. The van der Waals surface area contributed by atoms with Gasteiger partial charge in [0.25, 0.3) is 5.91 Å². The number of aliphatic imine (C=N–C) groups is 1. The fourth-order valence-electron chi connectivity index (χ4n) is 3.22. The zero-order valence-electron chi connectivity index (χ0n) is 17.6. The van der Waals surface area contributed by atoms with Gasteiger partial charge in [0, 0.05) is 30.5 Å². The topological polar surface area (TPSA) is 91.8 Å². The molecule has 0 spiro atoms. The molecule has 1 saturated heterocycles. The molecule has 0 bridgehead atoms. The molecule has 7 nitrogen and oxygen atoms in total. The molecule has 2 amide bonds. The minimum atomic E-state index is -0.312. The number of nitrogens with one attached hydrogen (secondary N) is 3. The van der Waals surface area contributed by atoms with Crippen molar-refractivity contribution in [3.8, 4) is 0 Å². The van der Waals surface area contributed by atoms with E-state index in [1.807, 2.05) is 38.1 Å². The Morgan fingerprint density at radius 2 is 1.97 bits per heavy atom. The Morgan fingerprint density at radius 3 is 2.67 bits per heavy atom. The van der Waals surface area contributed by atoms with Crippen molar-refractivity contribution in [2.75, 3.05) is 23.8 Å². The van der Waals surface area contributed by atoms with E-state index in [2.05, 4.69) is 20.9 Å². The van der Waals surface area contributed by atoms with Crippen molar-refractivity contribution in [1.82, 2.24) is 5.32 Å². The van der Waals surface area contributed by atoms with Crippen molar-refractivity contribution in [1.29, 1.82) is 0 Å². The summed E-state index contributed by atoms with van der Waals surface area (Å²) < 4.78 is 5.64. The number of rotatable bonds is 5. The average Bonchev–Trinajstić information content (AvgIpc) is 3.21. The molecule has 0 radical (unpaired) electrons. The molecular formula is C23H28N4O3. The van der Waals surface area contributed by atoms with Gasteiger partial charge in [0.1, 0.15) is 0 Å². The molecule has 0 saturated carbocycles. The van der Waals surface area contributed by atoms with E-state index in [0.29, 0.717) is 23.8 Å². The highest BCUT2D eigenvalue weighted by Crippen LogP contribution is 2.17. The first-order valence-electron chi connectivity index (χ1n) is 10.1. The first kappa shape index (κ1) is 21.5. The van der Waals surface area contributed by atoms with Gasteiger partial charge in [-0.25, -0.2) is 4.99 Å². The number of ether oxygens (including phenoxy) is 1. The van der Waals surface area contributed by atoms with Gasteiger partial charge in [-0.05, 0) is 62.1 Å². The molecule has 1 heterocycles. The molecular weight excluding hydrogens is 380 g/mol. The van der Waals surface area contributed by atoms with Crippen molar-refractivity contribution >= 4 is 29.1 Å². The summed E-state index contributed by atoms with van der Waals surface area (Å²) in [6, 6.07) is 13.0. The Balaban J connectivity index is 1.78. The molecule has 2 aromatic rings.